The van der Waals surface area contributed by atoms with Crippen LogP contribution in [0.3, 0.4) is 0 Å². The van der Waals surface area contributed by atoms with Gasteiger partial charge in [-0.3, -0.25) is 0 Å². The molecule has 0 radical (unpaired) electrons. The van der Waals surface area contributed by atoms with Crippen LogP contribution < -0.4 is 18.9 Å². The fourth-order valence-corrected chi connectivity index (χ4v) is 11.1. The van der Waals surface area contributed by atoms with Crippen molar-refractivity contribution in [3.8, 4) is 34.1 Å². The molecule has 0 fully saturated rings. The van der Waals surface area contributed by atoms with Crippen molar-refractivity contribution in [2.24, 2.45) is 17.9 Å². The number of fused-ring (bicyclic) bond motifs is 6. The molecule has 10 heteroatoms. The number of methoxy groups -OCH3 is 4. The molecule has 0 aliphatic heterocycles. The predicted molar refractivity (Wildman–Crippen MR) is 455 cm³/mol. The number of rotatable bonds is 5. The molecule has 4 aromatic heterocycles. The standard InChI is InChI=1S/C21H18.C14H12O.C9H15N.2C8H10O2.C8H12O.C8H12S.2C5H12.C4H12Si.C3H9N/c1-14-8-10-17-19(12-14)20-13-15(2)9-11-18(20)21(17)16-6-4-3-5-7-16;1-9-3-5-13-11(7-9)12-8-10(2)4-6-14(12)15-13;1-6-7(2)9(4)10(5)8(6)3;1-9-7-3-5-8(10-2)6-4-7;1-9-7-4-3-5-8(6-7)10-2;2*1-5-6(2)8(4)9-7(5)3;3*1-5(2,3)4;1-4(2)3/h3-13,21H,1-2H3;3-8H,1-2H3;1-5H3;2*3-6H,1-2H3;2*1-4H3;3*1-4H3;1-3H3. The van der Waals surface area contributed by atoms with E-state index in [1.165, 1.54) is 115 Å². The Morgan fingerprint density at radius 1 is 0.379 bits per heavy atom. The van der Waals surface area contributed by atoms with E-state index in [1.807, 2.05) is 112 Å². The van der Waals surface area contributed by atoms with Crippen LogP contribution in [0, 0.1) is 122 Å². The fraction of sp³-hybridized carbons (Fsp3) is 0.419. The molecule has 562 valence electrons. The first-order chi connectivity index (χ1) is 47.7. The molecule has 0 saturated heterocycles. The Balaban J connectivity index is 0.000000400. The molecule has 0 atom stereocenters. The third-order valence-electron chi connectivity index (χ3n) is 16.3. The Morgan fingerprint density at radius 2 is 0.689 bits per heavy atom. The summed E-state index contributed by atoms with van der Waals surface area (Å²) in [4.78, 5) is 4.93. The lowest BCUT2D eigenvalue weighted by molar-refractivity contribution is 0.394. The number of benzene rings is 7. The van der Waals surface area contributed by atoms with Gasteiger partial charge in [-0.15, -0.1) is 11.3 Å². The van der Waals surface area contributed by atoms with Crippen LogP contribution in [0.2, 0.25) is 26.2 Å². The van der Waals surface area contributed by atoms with E-state index in [9.17, 15) is 0 Å². The van der Waals surface area contributed by atoms with Crippen molar-refractivity contribution in [2.75, 3.05) is 49.6 Å². The Hall–Kier alpha value is -8.02. The molecule has 12 rings (SSSR count). The molecule has 0 saturated carbocycles. The van der Waals surface area contributed by atoms with Gasteiger partial charge in [0.1, 0.15) is 45.7 Å². The fourth-order valence-electron chi connectivity index (χ4n) is 10.0. The highest BCUT2D eigenvalue weighted by atomic mass is 32.1. The first kappa shape index (κ1) is 91.1. The van der Waals surface area contributed by atoms with E-state index in [0.29, 0.717) is 16.7 Å². The minimum absolute atomic E-state index is 0.373. The van der Waals surface area contributed by atoms with Crippen LogP contribution in [0.15, 0.2) is 160 Å². The quantitative estimate of drug-likeness (QED) is 0.159. The summed E-state index contributed by atoms with van der Waals surface area (Å²) >= 11 is 1.90. The SMILES string of the molecule is CC(C)(C)C.CC(C)(C)C.CN(C)C.COc1ccc(OC)cc1.COc1cccc(OC)c1.C[Si](C)(C)C.Cc1c(C)c(C)n(C)c1C.Cc1ccc2c(c1)-c1cc(C)ccc1C2c1ccccc1.Cc1ccc2oc3ccc(C)cc3c2c1.Cc1oc(C)c(C)c1C.Cc1sc(C)c(C)c1C. The van der Waals surface area contributed by atoms with Gasteiger partial charge in [0.2, 0.25) is 0 Å². The number of aromatic nitrogens is 1. The molecule has 8 nitrogen and oxygen atoms in total. The van der Waals surface area contributed by atoms with Crippen LogP contribution >= 0.6 is 11.3 Å². The molecule has 0 unspecified atom stereocenters. The number of hydrogen-bond donors (Lipinski definition) is 0. The van der Waals surface area contributed by atoms with Gasteiger partial charge in [0.25, 0.3) is 0 Å². The number of furan rings is 2. The molecular weight excluding hydrogens is 1300 g/mol. The van der Waals surface area contributed by atoms with Crippen molar-refractivity contribution in [1.29, 1.82) is 0 Å². The zero-order valence-corrected chi connectivity index (χ0v) is 72.6. The lowest BCUT2D eigenvalue weighted by Crippen LogP contribution is -2.10. The lowest BCUT2D eigenvalue weighted by atomic mass is 9.89. The van der Waals surface area contributed by atoms with E-state index in [2.05, 4.69) is 281 Å². The summed E-state index contributed by atoms with van der Waals surface area (Å²) < 4.78 is 33.2. The minimum atomic E-state index is -0.611. The van der Waals surface area contributed by atoms with Crippen LogP contribution in [-0.2, 0) is 7.05 Å². The zero-order chi connectivity index (χ0) is 78.6. The summed E-state index contributed by atoms with van der Waals surface area (Å²) in [5.41, 5.74) is 26.3. The highest BCUT2D eigenvalue weighted by molar-refractivity contribution is 7.12. The molecule has 7 aromatic carbocycles. The van der Waals surface area contributed by atoms with Crippen molar-refractivity contribution in [1.82, 2.24) is 9.47 Å². The molecule has 4 heterocycles. The second-order valence-electron chi connectivity index (χ2n) is 32.1. The molecule has 0 N–H and O–H groups in total. The third kappa shape index (κ3) is 32.7. The third-order valence-corrected chi connectivity index (χ3v) is 17.5. The largest absolute Gasteiger partial charge is 0.497 e. The summed E-state index contributed by atoms with van der Waals surface area (Å²) in [5, 5.41) is 2.43. The smallest absolute Gasteiger partial charge is 0.135 e. The lowest BCUT2D eigenvalue weighted by Gasteiger charge is -2.14. The molecule has 1 aliphatic rings. The molecule has 0 bridgehead atoms. The molecule has 0 amide bonds. The van der Waals surface area contributed by atoms with Gasteiger partial charge in [-0.2, -0.15) is 0 Å². The number of nitrogens with zero attached hydrogens (tertiary/aromatic N) is 2. The van der Waals surface area contributed by atoms with Gasteiger partial charge in [0.05, 0.1) is 28.4 Å². The van der Waals surface area contributed by atoms with E-state index in [-0.39, 0.29) is 0 Å². The van der Waals surface area contributed by atoms with Crippen LogP contribution in [0.1, 0.15) is 166 Å². The topological polar surface area (TPSA) is 71.4 Å². The predicted octanol–water partition coefficient (Wildman–Crippen LogP) is 27.1. The van der Waals surface area contributed by atoms with Crippen molar-refractivity contribution < 1.29 is 27.8 Å². The molecule has 103 heavy (non-hydrogen) atoms. The first-order valence-electron chi connectivity index (χ1n) is 36.0. The second-order valence-corrected chi connectivity index (χ2v) is 39.6. The second kappa shape index (κ2) is 42.7. The van der Waals surface area contributed by atoms with Crippen LogP contribution in [0.25, 0.3) is 33.1 Å². The van der Waals surface area contributed by atoms with Gasteiger partial charge in [0.15, 0.2) is 0 Å². The van der Waals surface area contributed by atoms with Crippen LogP contribution in [0.4, 0.5) is 0 Å². The zero-order valence-electron chi connectivity index (χ0n) is 70.8. The Morgan fingerprint density at radius 3 is 0.951 bits per heavy atom. The molecule has 0 spiro atoms. The van der Waals surface area contributed by atoms with Gasteiger partial charge in [-0.1, -0.05) is 189 Å². The normalized spacial score (nSPS) is 11.0. The highest BCUT2D eigenvalue weighted by Crippen LogP contribution is 2.48. The summed E-state index contributed by atoms with van der Waals surface area (Å²) in [6.07, 6.45) is 0. The monoisotopic (exact) mass is 1430 g/mol. The average Bonchev–Trinajstić information content (AvgIpc) is 1.59. The van der Waals surface area contributed by atoms with Crippen molar-refractivity contribution in [3.63, 3.8) is 0 Å². The molecular formula is C93H134N2O6SSi. The van der Waals surface area contributed by atoms with Crippen LogP contribution in [-0.4, -0.2) is 67.1 Å². The van der Waals surface area contributed by atoms with Crippen LogP contribution in [0.5, 0.6) is 23.0 Å². The minimum Gasteiger partial charge on any atom is -0.497 e. The van der Waals surface area contributed by atoms with E-state index in [0.717, 1.165) is 45.7 Å². The maximum Gasteiger partial charge on any atom is 0.135 e. The number of thiophene rings is 1. The van der Waals surface area contributed by atoms with Gasteiger partial charge in [0, 0.05) is 59.0 Å². The highest BCUT2D eigenvalue weighted by Gasteiger charge is 2.30. The Labute approximate surface area is 631 Å². The van der Waals surface area contributed by atoms with Gasteiger partial charge in [-0.25, -0.2) is 0 Å². The maximum atomic E-state index is 5.76. The summed E-state index contributed by atoms with van der Waals surface area (Å²) in [6, 6.07) is 52.1. The Kier molecular flexibility index (Phi) is 37.7. The van der Waals surface area contributed by atoms with Crippen molar-refractivity contribution >= 4 is 41.3 Å². The number of aryl methyl sites for hydroxylation is 8. The Bertz CT molecular complexity index is 3930. The van der Waals surface area contributed by atoms with Crippen molar-refractivity contribution in [3.05, 3.63) is 257 Å². The summed E-state index contributed by atoms with van der Waals surface area (Å²) in [6.45, 7) is 60.9. The van der Waals surface area contributed by atoms with E-state index in [1.54, 1.807) is 28.4 Å². The summed E-state index contributed by atoms with van der Waals surface area (Å²) in [7, 11) is 14.1. The molecule has 1 aliphatic carbocycles. The van der Waals surface area contributed by atoms with E-state index >= 15 is 0 Å². The van der Waals surface area contributed by atoms with E-state index in [4.69, 9.17) is 27.8 Å². The van der Waals surface area contributed by atoms with E-state index < -0.39 is 8.07 Å². The number of hydrogen-bond acceptors (Lipinski definition) is 8. The number of ether oxygens (including phenoxy) is 4. The van der Waals surface area contributed by atoms with Crippen molar-refractivity contribution in [2.45, 2.75) is 198 Å². The van der Waals surface area contributed by atoms with Gasteiger partial charge < -0.3 is 37.2 Å². The first-order valence-corrected chi connectivity index (χ1v) is 40.8. The maximum absolute atomic E-state index is 5.76. The average molecular weight is 1440 g/mol. The molecule has 11 aromatic rings. The van der Waals surface area contributed by atoms with Gasteiger partial charge in [-0.05, 0) is 265 Å². The summed E-state index contributed by atoms with van der Waals surface area (Å²) in [5.74, 6) is 5.80. The van der Waals surface area contributed by atoms with Gasteiger partial charge >= 0.3 is 0 Å².